The highest BCUT2D eigenvalue weighted by Gasteiger charge is 2.18. The van der Waals surface area contributed by atoms with Crippen molar-refractivity contribution >= 4 is 23.4 Å². The smallest absolute Gasteiger partial charge is 0.252 e. The van der Waals surface area contributed by atoms with Gasteiger partial charge in [0.05, 0.1) is 16.6 Å². The fourth-order valence-corrected chi connectivity index (χ4v) is 3.11. The molecule has 0 aliphatic carbocycles. The van der Waals surface area contributed by atoms with Gasteiger partial charge in [-0.3, -0.25) is 9.59 Å². The number of aromatic amines is 1. The number of aromatic nitrogens is 2. The van der Waals surface area contributed by atoms with Gasteiger partial charge in [-0.15, -0.1) is 0 Å². The molecule has 2 N–H and O–H groups in total. The lowest BCUT2D eigenvalue weighted by molar-refractivity contribution is -0.115. The Morgan fingerprint density at radius 1 is 1.15 bits per heavy atom. The molecule has 1 aromatic heterocycles. The summed E-state index contributed by atoms with van der Waals surface area (Å²) >= 11 is 1.01. The lowest BCUT2D eigenvalue weighted by Crippen LogP contribution is -2.24. The van der Waals surface area contributed by atoms with Crippen LogP contribution in [0.2, 0.25) is 0 Å². The first-order chi connectivity index (χ1) is 12.9. The van der Waals surface area contributed by atoms with Gasteiger partial charge >= 0.3 is 0 Å². The number of carbonyl (C=O) groups excluding carboxylic acids is 1. The van der Waals surface area contributed by atoms with Crippen molar-refractivity contribution in [1.29, 1.82) is 0 Å². The second kappa shape index (κ2) is 8.13. The predicted molar refractivity (Wildman–Crippen MR) is 101 cm³/mol. The van der Waals surface area contributed by atoms with Gasteiger partial charge in [0.25, 0.3) is 5.56 Å². The Kier molecular flexibility index (Phi) is 5.66. The molecule has 0 aliphatic rings. The van der Waals surface area contributed by atoms with Crippen LogP contribution >= 0.6 is 11.8 Å². The van der Waals surface area contributed by atoms with Crippen molar-refractivity contribution < 1.29 is 13.6 Å². The van der Waals surface area contributed by atoms with E-state index in [-0.39, 0.29) is 16.4 Å². The Morgan fingerprint density at radius 3 is 2.63 bits per heavy atom. The van der Waals surface area contributed by atoms with Gasteiger partial charge < -0.3 is 10.3 Å². The highest BCUT2D eigenvalue weighted by Crippen LogP contribution is 2.23. The normalized spacial score (nSPS) is 11.8. The van der Waals surface area contributed by atoms with E-state index in [1.165, 1.54) is 6.07 Å². The molecule has 0 bridgehead atoms. The zero-order valence-electron chi connectivity index (χ0n) is 14.2. The van der Waals surface area contributed by atoms with Crippen molar-refractivity contribution in [2.45, 2.75) is 17.3 Å². The lowest BCUT2D eigenvalue weighted by Gasteiger charge is -2.12. The van der Waals surface area contributed by atoms with Crippen molar-refractivity contribution in [2.75, 3.05) is 5.32 Å². The summed E-state index contributed by atoms with van der Waals surface area (Å²) in [4.78, 5) is 31.1. The molecule has 0 radical (unpaired) electrons. The van der Waals surface area contributed by atoms with Gasteiger partial charge in [0.15, 0.2) is 5.16 Å². The molecule has 27 heavy (non-hydrogen) atoms. The molecule has 1 heterocycles. The average molecular weight is 387 g/mol. The number of rotatable bonds is 5. The minimum Gasteiger partial charge on any atom is -0.323 e. The van der Waals surface area contributed by atoms with Gasteiger partial charge in [-0.25, -0.2) is 13.8 Å². The molecule has 0 aliphatic heterocycles. The van der Waals surface area contributed by atoms with Crippen LogP contribution in [0.3, 0.4) is 0 Å². The summed E-state index contributed by atoms with van der Waals surface area (Å²) in [6.07, 6.45) is 0. The van der Waals surface area contributed by atoms with Crippen LogP contribution in [0.15, 0.2) is 64.5 Å². The predicted octanol–water partition coefficient (Wildman–Crippen LogP) is 3.83. The number of H-pyrrole nitrogens is 1. The minimum atomic E-state index is -0.737. The first-order valence-electron chi connectivity index (χ1n) is 8.02. The molecular weight excluding hydrogens is 372 g/mol. The van der Waals surface area contributed by atoms with E-state index >= 15 is 0 Å². The van der Waals surface area contributed by atoms with Crippen LogP contribution in [0.5, 0.6) is 0 Å². The van der Waals surface area contributed by atoms with E-state index in [2.05, 4.69) is 15.3 Å². The van der Waals surface area contributed by atoms with Gasteiger partial charge in [0, 0.05) is 17.7 Å². The standard InChI is InChI=1S/C19H15F2N3O2S/c1-11(18(26)22-16-9-13(20)7-8-14(16)21)27-19-23-15(10-17(25)24-19)12-5-3-2-4-6-12/h2-11H,1H3,(H,22,26)(H,23,24,25). The van der Waals surface area contributed by atoms with Gasteiger partial charge in [0.1, 0.15) is 11.6 Å². The van der Waals surface area contributed by atoms with Crippen LogP contribution in [-0.2, 0) is 4.79 Å². The van der Waals surface area contributed by atoms with E-state index in [0.29, 0.717) is 5.69 Å². The molecule has 2 aromatic carbocycles. The molecule has 3 aromatic rings. The van der Waals surface area contributed by atoms with Gasteiger partial charge in [-0.2, -0.15) is 0 Å². The van der Waals surface area contributed by atoms with Crippen LogP contribution < -0.4 is 10.9 Å². The van der Waals surface area contributed by atoms with Crippen LogP contribution in [0.25, 0.3) is 11.3 Å². The molecule has 0 saturated carbocycles. The number of anilines is 1. The van der Waals surface area contributed by atoms with Crippen LogP contribution in [-0.4, -0.2) is 21.1 Å². The number of hydrogen-bond donors (Lipinski definition) is 2. The molecular formula is C19H15F2N3O2S. The van der Waals surface area contributed by atoms with Crippen molar-refractivity contribution in [3.63, 3.8) is 0 Å². The molecule has 1 atom stereocenters. The highest BCUT2D eigenvalue weighted by molar-refractivity contribution is 8.00. The van der Waals surface area contributed by atoms with Crippen LogP contribution in [0.1, 0.15) is 6.92 Å². The Balaban J connectivity index is 1.76. The summed E-state index contributed by atoms with van der Waals surface area (Å²) in [6, 6.07) is 13.3. The summed E-state index contributed by atoms with van der Waals surface area (Å²) in [5, 5.41) is 1.88. The van der Waals surface area contributed by atoms with Crippen molar-refractivity contribution in [3.8, 4) is 11.3 Å². The molecule has 5 nitrogen and oxygen atoms in total. The summed E-state index contributed by atoms with van der Waals surface area (Å²) < 4.78 is 26.9. The first kappa shape index (κ1) is 18.8. The van der Waals surface area contributed by atoms with Crippen molar-refractivity contribution in [3.05, 3.63) is 76.6 Å². The molecule has 0 saturated heterocycles. The van der Waals surface area contributed by atoms with E-state index in [1.54, 1.807) is 6.92 Å². The number of thioether (sulfide) groups is 1. The topological polar surface area (TPSA) is 74.8 Å². The molecule has 0 spiro atoms. The zero-order valence-corrected chi connectivity index (χ0v) is 15.0. The maximum Gasteiger partial charge on any atom is 0.252 e. The summed E-state index contributed by atoms with van der Waals surface area (Å²) in [5.41, 5.74) is 0.650. The molecule has 8 heteroatoms. The van der Waals surface area contributed by atoms with Crippen LogP contribution in [0.4, 0.5) is 14.5 Å². The number of nitrogens with one attached hydrogen (secondary N) is 2. The lowest BCUT2D eigenvalue weighted by atomic mass is 10.1. The van der Waals surface area contributed by atoms with Gasteiger partial charge in [-0.1, -0.05) is 42.1 Å². The summed E-state index contributed by atoms with van der Waals surface area (Å²) in [7, 11) is 0. The summed E-state index contributed by atoms with van der Waals surface area (Å²) in [5.74, 6) is -1.94. The fourth-order valence-electron chi connectivity index (χ4n) is 2.30. The van der Waals surface area contributed by atoms with Crippen LogP contribution in [0, 0.1) is 11.6 Å². The minimum absolute atomic E-state index is 0.244. The van der Waals surface area contributed by atoms with Crippen molar-refractivity contribution in [1.82, 2.24) is 9.97 Å². The first-order valence-corrected chi connectivity index (χ1v) is 8.89. The monoisotopic (exact) mass is 387 g/mol. The van der Waals surface area contributed by atoms with E-state index in [4.69, 9.17) is 0 Å². The number of benzene rings is 2. The number of carbonyl (C=O) groups is 1. The molecule has 1 amide bonds. The van der Waals surface area contributed by atoms with Crippen molar-refractivity contribution in [2.24, 2.45) is 0 Å². The Labute approximate surface area is 157 Å². The third-order valence-corrected chi connectivity index (χ3v) is 4.62. The van der Waals surface area contributed by atoms with E-state index < -0.39 is 22.8 Å². The quantitative estimate of drug-likeness (QED) is 0.515. The van der Waals surface area contributed by atoms with E-state index in [1.807, 2.05) is 30.3 Å². The Bertz CT molecular complexity index is 1020. The third-order valence-electron chi connectivity index (χ3n) is 3.63. The van der Waals surface area contributed by atoms with Gasteiger partial charge in [-0.05, 0) is 19.1 Å². The largest absolute Gasteiger partial charge is 0.323 e. The number of nitrogens with zero attached hydrogens (tertiary/aromatic N) is 1. The Hall–Kier alpha value is -3.00. The van der Waals surface area contributed by atoms with E-state index in [0.717, 1.165) is 35.5 Å². The molecule has 0 fully saturated rings. The molecule has 3 rings (SSSR count). The number of halogens is 2. The van der Waals surface area contributed by atoms with Gasteiger partial charge in [0.2, 0.25) is 5.91 Å². The average Bonchev–Trinajstić information content (AvgIpc) is 2.65. The SMILES string of the molecule is CC(Sc1nc(-c2ccccc2)cc(=O)[nH]1)C(=O)Nc1cc(F)ccc1F. The second-order valence-corrected chi connectivity index (χ2v) is 7.00. The fraction of sp³-hybridized carbons (Fsp3) is 0.105. The second-order valence-electron chi connectivity index (χ2n) is 5.68. The van der Waals surface area contributed by atoms with E-state index in [9.17, 15) is 18.4 Å². The summed E-state index contributed by atoms with van der Waals surface area (Å²) in [6.45, 7) is 1.58. The number of amides is 1. The Morgan fingerprint density at radius 2 is 1.89 bits per heavy atom. The maximum atomic E-state index is 13.7. The molecule has 138 valence electrons. The zero-order chi connectivity index (χ0) is 19.4. The third kappa shape index (κ3) is 4.79. The highest BCUT2D eigenvalue weighted by atomic mass is 32.2. The maximum absolute atomic E-state index is 13.7. The molecule has 1 unspecified atom stereocenters. The number of hydrogen-bond acceptors (Lipinski definition) is 4.